The Morgan fingerprint density at radius 3 is 2.86 bits per heavy atom. The number of non-ortho nitro benzene ring substituents is 1. The Morgan fingerprint density at radius 2 is 2.14 bits per heavy atom. The fourth-order valence-corrected chi connectivity index (χ4v) is 3.07. The van der Waals surface area contributed by atoms with Gasteiger partial charge in [-0.2, -0.15) is 0 Å². The number of nitrogens with zero attached hydrogens (tertiary/aromatic N) is 2. The average Bonchev–Trinajstić information content (AvgIpc) is 2.87. The van der Waals surface area contributed by atoms with Gasteiger partial charge in [0.1, 0.15) is 0 Å². The number of fused-ring (bicyclic) bond motifs is 1. The second kappa shape index (κ2) is 5.45. The first-order valence-electron chi connectivity index (χ1n) is 6.33. The molecule has 0 saturated carbocycles. The molecule has 0 aliphatic heterocycles. The Bertz CT molecular complexity index is 855. The number of hydrogen-bond acceptors (Lipinski definition) is 5. The molecule has 0 spiro atoms. The number of benzene rings is 1. The van der Waals surface area contributed by atoms with Crippen molar-refractivity contribution in [2.45, 2.75) is 12.8 Å². The fourth-order valence-electron chi connectivity index (χ4n) is 2.26. The molecule has 1 N–H and O–H groups in total. The fraction of sp³-hybridized carbons (Fsp3) is 0.143. The summed E-state index contributed by atoms with van der Waals surface area (Å²) in [6, 6.07) is 8.53. The van der Waals surface area contributed by atoms with Crippen LogP contribution in [0.15, 0.2) is 41.3 Å². The second-order valence-electron chi connectivity index (χ2n) is 4.59. The van der Waals surface area contributed by atoms with Crippen LogP contribution in [0.25, 0.3) is 10.1 Å². The van der Waals surface area contributed by atoms with Gasteiger partial charge in [-0.25, -0.2) is 0 Å². The van der Waals surface area contributed by atoms with Gasteiger partial charge in [-0.15, -0.1) is 0 Å². The van der Waals surface area contributed by atoms with E-state index >= 15 is 0 Å². The molecular weight excluding hydrogens is 290 g/mol. The molecule has 106 valence electrons. The molecule has 3 rings (SSSR count). The first-order valence-corrected chi connectivity index (χ1v) is 7.15. The zero-order valence-electron chi connectivity index (χ0n) is 10.9. The molecule has 3 aromatic rings. The van der Waals surface area contributed by atoms with E-state index in [1.165, 1.54) is 12.1 Å². The van der Waals surface area contributed by atoms with Gasteiger partial charge in [-0.05, 0) is 30.5 Å². The highest BCUT2D eigenvalue weighted by molar-refractivity contribution is 7.13. The molecular formula is C14H11N3O3S. The Balaban J connectivity index is 2.01. The quantitative estimate of drug-likeness (QED) is 0.592. The number of H-pyrrole nitrogens is 1. The van der Waals surface area contributed by atoms with Crippen molar-refractivity contribution in [3.63, 3.8) is 0 Å². The van der Waals surface area contributed by atoms with Crippen LogP contribution in [-0.4, -0.2) is 14.3 Å². The van der Waals surface area contributed by atoms with Crippen LogP contribution in [0.5, 0.6) is 0 Å². The summed E-state index contributed by atoms with van der Waals surface area (Å²) in [5, 5.41) is 11.5. The summed E-state index contributed by atoms with van der Waals surface area (Å²) in [5.41, 5.74) is 1.39. The van der Waals surface area contributed by atoms with E-state index in [9.17, 15) is 14.9 Å². The lowest BCUT2D eigenvalue weighted by molar-refractivity contribution is -0.384. The van der Waals surface area contributed by atoms with E-state index < -0.39 is 4.92 Å². The van der Waals surface area contributed by atoms with Crippen molar-refractivity contribution in [1.82, 2.24) is 9.36 Å². The van der Waals surface area contributed by atoms with Crippen molar-refractivity contribution in [2.75, 3.05) is 0 Å². The summed E-state index contributed by atoms with van der Waals surface area (Å²) in [4.78, 5) is 26.6. The molecule has 0 radical (unpaired) electrons. The maximum absolute atomic E-state index is 11.9. The van der Waals surface area contributed by atoms with Gasteiger partial charge in [0.25, 0.3) is 11.2 Å². The van der Waals surface area contributed by atoms with Gasteiger partial charge in [-0.1, -0.05) is 17.6 Å². The SMILES string of the molecule is O=c1[nH]sc2cc([N+](=O)[O-])cc(CCc3ccccn3)c12. The maximum Gasteiger partial charge on any atom is 0.271 e. The van der Waals surface area contributed by atoms with E-state index in [0.717, 1.165) is 17.2 Å². The molecule has 0 aliphatic carbocycles. The number of pyridine rings is 1. The van der Waals surface area contributed by atoms with Gasteiger partial charge < -0.3 is 0 Å². The van der Waals surface area contributed by atoms with E-state index in [2.05, 4.69) is 9.36 Å². The monoisotopic (exact) mass is 301 g/mol. The number of nitrogens with one attached hydrogen (secondary N) is 1. The summed E-state index contributed by atoms with van der Waals surface area (Å²) < 4.78 is 3.25. The Morgan fingerprint density at radius 1 is 1.29 bits per heavy atom. The number of aromatic nitrogens is 2. The zero-order valence-corrected chi connectivity index (χ0v) is 11.7. The van der Waals surface area contributed by atoms with Crippen molar-refractivity contribution in [3.8, 4) is 0 Å². The molecule has 0 aliphatic rings. The first-order chi connectivity index (χ1) is 10.1. The largest absolute Gasteiger partial charge is 0.277 e. The molecule has 0 amide bonds. The minimum atomic E-state index is -0.437. The molecule has 2 aromatic heterocycles. The lowest BCUT2D eigenvalue weighted by atomic mass is 10.0. The van der Waals surface area contributed by atoms with Crippen molar-refractivity contribution in [2.24, 2.45) is 0 Å². The van der Waals surface area contributed by atoms with Crippen LogP contribution in [0.1, 0.15) is 11.3 Å². The standard InChI is InChI=1S/C14H11N3O3S/c18-14-13-9(4-5-10-3-1-2-6-15-10)7-11(17(19)20)8-12(13)21-16-14/h1-3,6-8H,4-5H2,(H,16,18). The van der Waals surface area contributed by atoms with E-state index in [4.69, 9.17) is 0 Å². The predicted octanol–water partition coefficient (Wildman–Crippen LogP) is 2.68. The number of rotatable bonds is 4. The van der Waals surface area contributed by atoms with Crippen molar-refractivity contribution in [3.05, 3.63) is 68.3 Å². The lowest BCUT2D eigenvalue weighted by Gasteiger charge is -2.03. The van der Waals surface area contributed by atoms with Gasteiger partial charge in [0.2, 0.25) is 0 Å². The average molecular weight is 301 g/mol. The minimum Gasteiger partial charge on any atom is -0.277 e. The van der Waals surface area contributed by atoms with Crippen molar-refractivity contribution in [1.29, 1.82) is 0 Å². The summed E-state index contributed by atoms with van der Waals surface area (Å²) in [6.07, 6.45) is 2.87. The molecule has 0 atom stereocenters. The summed E-state index contributed by atoms with van der Waals surface area (Å²) in [6.45, 7) is 0. The van der Waals surface area contributed by atoms with Crippen LogP contribution in [0.2, 0.25) is 0 Å². The summed E-state index contributed by atoms with van der Waals surface area (Å²) >= 11 is 1.12. The van der Waals surface area contributed by atoms with E-state index in [1.54, 1.807) is 6.20 Å². The number of nitro groups is 1. The maximum atomic E-state index is 11.9. The highest BCUT2D eigenvalue weighted by atomic mass is 32.1. The Hall–Kier alpha value is -2.54. The van der Waals surface area contributed by atoms with Crippen molar-refractivity contribution >= 4 is 27.3 Å². The summed E-state index contributed by atoms with van der Waals surface area (Å²) in [7, 11) is 0. The number of nitro benzene ring substituents is 1. The van der Waals surface area contributed by atoms with Gasteiger partial charge in [0.15, 0.2) is 0 Å². The van der Waals surface area contributed by atoms with Crippen LogP contribution in [0.4, 0.5) is 5.69 Å². The molecule has 0 fully saturated rings. The molecule has 0 bridgehead atoms. The second-order valence-corrected chi connectivity index (χ2v) is 5.44. The van der Waals surface area contributed by atoms with Gasteiger partial charge in [-0.3, -0.25) is 24.3 Å². The third-order valence-corrected chi connectivity index (χ3v) is 4.07. The molecule has 7 heteroatoms. The highest BCUT2D eigenvalue weighted by Gasteiger charge is 2.15. The third-order valence-electron chi connectivity index (χ3n) is 3.24. The smallest absolute Gasteiger partial charge is 0.271 e. The molecule has 0 saturated heterocycles. The molecule has 6 nitrogen and oxygen atoms in total. The van der Waals surface area contributed by atoms with Crippen LogP contribution in [0, 0.1) is 10.1 Å². The molecule has 0 unspecified atom stereocenters. The lowest BCUT2D eigenvalue weighted by Crippen LogP contribution is -2.03. The van der Waals surface area contributed by atoms with Gasteiger partial charge in [0, 0.05) is 24.0 Å². The normalized spacial score (nSPS) is 10.9. The molecule has 2 heterocycles. The predicted molar refractivity (Wildman–Crippen MR) is 80.7 cm³/mol. The van der Waals surface area contributed by atoms with E-state index in [0.29, 0.717) is 28.5 Å². The van der Waals surface area contributed by atoms with Gasteiger partial charge in [0.05, 0.1) is 15.0 Å². The topological polar surface area (TPSA) is 88.9 Å². The number of aromatic amines is 1. The molecule has 1 aromatic carbocycles. The van der Waals surface area contributed by atoms with Crippen LogP contribution in [-0.2, 0) is 12.8 Å². The Kier molecular flexibility index (Phi) is 3.49. The number of aryl methyl sites for hydroxylation is 2. The first kappa shape index (κ1) is 13.4. The van der Waals surface area contributed by atoms with E-state index in [-0.39, 0.29) is 11.2 Å². The zero-order chi connectivity index (χ0) is 14.8. The number of hydrogen-bond donors (Lipinski definition) is 1. The van der Waals surface area contributed by atoms with Crippen LogP contribution >= 0.6 is 11.5 Å². The van der Waals surface area contributed by atoms with E-state index in [1.807, 2.05) is 18.2 Å². The van der Waals surface area contributed by atoms with Gasteiger partial charge >= 0.3 is 0 Å². The highest BCUT2D eigenvalue weighted by Crippen LogP contribution is 2.26. The van der Waals surface area contributed by atoms with Crippen LogP contribution < -0.4 is 5.56 Å². The third kappa shape index (κ3) is 2.68. The van der Waals surface area contributed by atoms with Crippen LogP contribution in [0.3, 0.4) is 0 Å². The summed E-state index contributed by atoms with van der Waals surface area (Å²) in [5.74, 6) is 0. The minimum absolute atomic E-state index is 0.00812. The molecule has 21 heavy (non-hydrogen) atoms. The van der Waals surface area contributed by atoms with Crippen molar-refractivity contribution < 1.29 is 4.92 Å². The Labute approximate surface area is 123 Å².